The summed E-state index contributed by atoms with van der Waals surface area (Å²) < 4.78 is 12.8. The Kier molecular flexibility index (Phi) is 4.16. The van der Waals surface area contributed by atoms with Crippen molar-refractivity contribution in [3.05, 3.63) is 35.6 Å². The average Bonchev–Trinajstić information content (AvgIpc) is 2.23. The third kappa shape index (κ3) is 3.53. The van der Waals surface area contributed by atoms with Crippen molar-refractivity contribution in [2.75, 3.05) is 6.54 Å². The molecule has 0 spiro atoms. The summed E-state index contributed by atoms with van der Waals surface area (Å²) in [5.74, 6) is 1.27. The van der Waals surface area contributed by atoms with Gasteiger partial charge >= 0.3 is 0 Å². The first-order valence-electron chi connectivity index (χ1n) is 6.64. The van der Waals surface area contributed by atoms with E-state index in [2.05, 4.69) is 19.2 Å². The van der Waals surface area contributed by atoms with Crippen molar-refractivity contribution < 1.29 is 4.39 Å². The van der Waals surface area contributed by atoms with Gasteiger partial charge in [-0.1, -0.05) is 26.0 Å². The van der Waals surface area contributed by atoms with Crippen LogP contribution in [0.15, 0.2) is 24.3 Å². The van der Waals surface area contributed by atoms with Crippen molar-refractivity contribution in [1.29, 1.82) is 0 Å². The highest BCUT2D eigenvalue weighted by Crippen LogP contribution is 2.36. The highest BCUT2D eigenvalue weighted by atomic mass is 19.1. The molecule has 0 bridgehead atoms. The van der Waals surface area contributed by atoms with Gasteiger partial charge in [-0.3, -0.25) is 0 Å². The van der Waals surface area contributed by atoms with Gasteiger partial charge in [-0.25, -0.2) is 4.39 Å². The van der Waals surface area contributed by atoms with Gasteiger partial charge in [0.25, 0.3) is 0 Å². The van der Waals surface area contributed by atoms with Crippen LogP contribution in [0.2, 0.25) is 0 Å². The van der Waals surface area contributed by atoms with Crippen LogP contribution in [0.5, 0.6) is 0 Å². The van der Waals surface area contributed by atoms with Gasteiger partial charge in [0.2, 0.25) is 0 Å². The van der Waals surface area contributed by atoms with Crippen LogP contribution in [0.1, 0.15) is 44.6 Å². The second kappa shape index (κ2) is 5.63. The zero-order valence-corrected chi connectivity index (χ0v) is 10.7. The summed E-state index contributed by atoms with van der Waals surface area (Å²) >= 11 is 0. The molecular formula is C15H22FN. The molecular weight excluding hydrogens is 213 g/mol. The lowest BCUT2D eigenvalue weighted by atomic mass is 9.76. The van der Waals surface area contributed by atoms with Crippen molar-refractivity contribution in [1.82, 2.24) is 5.32 Å². The van der Waals surface area contributed by atoms with Gasteiger partial charge in [0.1, 0.15) is 5.82 Å². The Morgan fingerprint density at radius 3 is 2.47 bits per heavy atom. The molecule has 2 heteroatoms. The Morgan fingerprint density at radius 2 is 1.88 bits per heavy atom. The van der Waals surface area contributed by atoms with Crippen LogP contribution in [0.4, 0.5) is 4.39 Å². The summed E-state index contributed by atoms with van der Waals surface area (Å²) in [6, 6.07) is 7.64. The molecule has 17 heavy (non-hydrogen) atoms. The van der Waals surface area contributed by atoms with E-state index in [-0.39, 0.29) is 5.82 Å². The molecule has 0 radical (unpaired) electrons. The number of benzene rings is 1. The summed E-state index contributed by atoms with van der Waals surface area (Å²) in [6.45, 7) is 5.63. The van der Waals surface area contributed by atoms with Crippen molar-refractivity contribution in [2.45, 2.75) is 45.1 Å². The van der Waals surface area contributed by atoms with Crippen molar-refractivity contribution in [3.63, 3.8) is 0 Å². The van der Waals surface area contributed by atoms with Crippen LogP contribution in [-0.4, -0.2) is 12.6 Å². The molecule has 1 saturated carbocycles. The molecule has 0 amide bonds. The van der Waals surface area contributed by atoms with E-state index in [1.165, 1.54) is 24.8 Å². The number of halogens is 1. The Bertz CT molecular complexity index is 338. The summed E-state index contributed by atoms with van der Waals surface area (Å²) in [5.41, 5.74) is 1.29. The molecule has 1 aromatic rings. The van der Waals surface area contributed by atoms with Crippen LogP contribution in [0.25, 0.3) is 0 Å². The topological polar surface area (TPSA) is 12.0 Å². The Balaban J connectivity index is 1.70. The Hall–Kier alpha value is -0.890. The predicted molar refractivity (Wildman–Crippen MR) is 69.6 cm³/mol. The van der Waals surface area contributed by atoms with Gasteiger partial charge < -0.3 is 5.32 Å². The van der Waals surface area contributed by atoms with E-state index >= 15 is 0 Å². The Morgan fingerprint density at radius 1 is 1.24 bits per heavy atom. The molecule has 1 fully saturated rings. The van der Waals surface area contributed by atoms with Crippen LogP contribution in [0.3, 0.4) is 0 Å². The predicted octanol–water partition coefficient (Wildman–Crippen LogP) is 3.71. The van der Waals surface area contributed by atoms with E-state index in [1.807, 2.05) is 12.1 Å². The van der Waals surface area contributed by atoms with Crippen molar-refractivity contribution in [3.8, 4) is 0 Å². The zero-order valence-electron chi connectivity index (χ0n) is 10.7. The molecule has 94 valence electrons. The minimum atomic E-state index is -0.139. The fourth-order valence-electron chi connectivity index (χ4n) is 2.37. The van der Waals surface area contributed by atoms with E-state index < -0.39 is 0 Å². The maximum absolute atomic E-state index is 12.8. The number of hydrogen-bond acceptors (Lipinski definition) is 1. The van der Waals surface area contributed by atoms with Gasteiger partial charge in [-0.15, -0.1) is 0 Å². The smallest absolute Gasteiger partial charge is 0.123 e. The van der Waals surface area contributed by atoms with Crippen LogP contribution in [0, 0.1) is 11.7 Å². The molecule has 0 unspecified atom stereocenters. The minimum Gasteiger partial charge on any atom is -0.314 e. The first-order chi connectivity index (χ1) is 8.15. The van der Waals surface area contributed by atoms with Gasteiger partial charge in [0, 0.05) is 6.04 Å². The maximum Gasteiger partial charge on any atom is 0.123 e. The summed E-state index contributed by atoms with van der Waals surface area (Å²) in [7, 11) is 0. The van der Waals surface area contributed by atoms with E-state index in [0.717, 1.165) is 12.5 Å². The van der Waals surface area contributed by atoms with Crippen molar-refractivity contribution >= 4 is 0 Å². The standard InChI is InChI=1S/C15H22FN/c1-11(2)7-8-17-15-9-13(10-15)12-3-5-14(16)6-4-12/h3-6,11,13,15,17H,7-10H2,1-2H3. The number of nitrogens with one attached hydrogen (secondary N) is 1. The lowest BCUT2D eigenvalue weighted by Crippen LogP contribution is -2.40. The van der Waals surface area contributed by atoms with Crippen LogP contribution < -0.4 is 5.32 Å². The average molecular weight is 235 g/mol. The third-order valence-electron chi connectivity index (χ3n) is 3.63. The molecule has 2 rings (SSSR count). The first-order valence-corrected chi connectivity index (χ1v) is 6.64. The molecule has 0 saturated heterocycles. The molecule has 1 N–H and O–H groups in total. The molecule has 1 aromatic carbocycles. The second-order valence-electron chi connectivity index (χ2n) is 5.55. The molecule has 0 aliphatic heterocycles. The zero-order chi connectivity index (χ0) is 12.3. The van der Waals surface area contributed by atoms with Gasteiger partial charge in [0.05, 0.1) is 0 Å². The fraction of sp³-hybridized carbons (Fsp3) is 0.600. The van der Waals surface area contributed by atoms with Gasteiger partial charge in [-0.2, -0.15) is 0 Å². The Labute approximate surface area is 103 Å². The largest absolute Gasteiger partial charge is 0.314 e. The molecule has 0 heterocycles. The molecule has 0 aromatic heterocycles. The summed E-state index contributed by atoms with van der Waals surface area (Å²) in [6.07, 6.45) is 3.64. The van der Waals surface area contributed by atoms with Gasteiger partial charge in [0.15, 0.2) is 0 Å². The fourth-order valence-corrected chi connectivity index (χ4v) is 2.37. The lowest BCUT2D eigenvalue weighted by Gasteiger charge is -2.36. The van der Waals surface area contributed by atoms with E-state index in [9.17, 15) is 4.39 Å². The summed E-state index contributed by atoms with van der Waals surface area (Å²) in [4.78, 5) is 0. The molecule has 1 aliphatic carbocycles. The lowest BCUT2D eigenvalue weighted by molar-refractivity contribution is 0.286. The SMILES string of the molecule is CC(C)CCNC1CC(c2ccc(F)cc2)C1. The van der Waals surface area contributed by atoms with E-state index in [0.29, 0.717) is 12.0 Å². The van der Waals surface area contributed by atoms with Gasteiger partial charge in [-0.05, 0) is 55.3 Å². The van der Waals surface area contributed by atoms with Crippen LogP contribution in [-0.2, 0) is 0 Å². The quantitative estimate of drug-likeness (QED) is 0.820. The summed E-state index contributed by atoms with van der Waals surface area (Å²) in [5, 5.41) is 3.59. The third-order valence-corrected chi connectivity index (χ3v) is 3.63. The normalized spacial score (nSPS) is 23.8. The van der Waals surface area contributed by atoms with E-state index in [4.69, 9.17) is 0 Å². The molecule has 0 atom stereocenters. The maximum atomic E-state index is 12.8. The molecule has 1 nitrogen and oxygen atoms in total. The monoisotopic (exact) mass is 235 g/mol. The first kappa shape index (κ1) is 12.6. The second-order valence-corrected chi connectivity index (χ2v) is 5.55. The highest BCUT2D eigenvalue weighted by molar-refractivity contribution is 5.23. The van der Waals surface area contributed by atoms with Crippen molar-refractivity contribution in [2.24, 2.45) is 5.92 Å². The molecule has 1 aliphatic rings. The number of rotatable bonds is 5. The van der Waals surface area contributed by atoms with E-state index in [1.54, 1.807) is 12.1 Å². The van der Waals surface area contributed by atoms with Crippen LogP contribution >= 0.6 is 0 Å². The number of hydrogen-bond donors (Lipinski definition) is 1. The minimum absolute atomic E-state index is 0.139. The highest BCUT2D eigenvalue weighted by Gasteiger charge is 2.29.